The van der Waals surface area contributed by atoms with Crippen LogP contribution in [0.3, 0.4) is 0 Å². The number of nitrogens with zero attached hydrogens (tertiary/aromatic N) is 6. The molecule has 0 N–H and O–H groups in total. The molecule has 0 radical (unpaired) electrons. The highest BCUT2D eigenvalue weighted by Gasteiger charge is 2.12. The van der Waals surface area contributed by atoms with Gasteiger partial charge in [0.1, 0.15) is 9.83 Å². The summed E-state index contributed by atoms with van der Waals surface area (Å²) in [5, 5.41) is 19.0. The van der Waals surface area contributed by atoms with Crippen LogP contribution in [0.2, 0.25) is 0 Å². The van der Waals surface area contributed by atoms with Crippen LogP contribution in [0.15, 0.2) is 75.1 Å². The van der Waals surface area contributed by atoms with Gasteiger partial charge in [0.15, 0.2) is 0 Å². The van der Waals surface area contributed by atoms with E-state index in [4.69, 9.17) is 0 Å². The summed E-state index contributed by atoms with van der Waals surface area (Å²) in [7, 11) is 0. The van der Waals surface area contributed by atoms with E-state index in [1.807, 2.05) is 30.3 Å². The minimum Gasteiger partial charge on any atom is -0.372 e. The van der Waals surface area contributed by atoms with Gasteiger partial charge in [-0.25, -0.2) is 4.98 Å². The molecule has 3 heterocycles. The highest BCUT2D eigenvalue weighted by Crippen LogP contribution is 2.39. The van der Waals surface area contributed by atoms with Gasteiger partial charge in [0, 0.05) is 18.8 Å². The van der Waals surface area contributed by atoms with E-state index < -0.39 is 0 Å². The molecule has 1 fully saturated rings. The molecule has 33 heavy (non-hydrogen) atoms. The molecule has 1 saturated heterocycles. The summed E-state index contributed by atoms with van der Waals surface area (Å²) in [6.45, 7) is 4.50. The van der Waals surface area contributed by atoms with Gasteiger partial charge in [-0.3, -0.25) is 0 Å². The first-order valence-electron chi connectivity index (χ1n) is 11.4. The summed E-state index contributed by atoms with van der Waals surface area (Å²) in [6, 6.07) is 18.6. The minimum atomic E-state index is 0.658. The van der Waals surface area contributed by atoms with E-state index in [2.05, 4.69) is 61.5 Å². The normalized spacial score (nSPS) is 14.4. The van der Waals surface area contributed by atoms with Crippen molar-refractivity contribution >= 4 is 59.4 Å². The summed E-state index contributed by atoms with van der Waals surface area (Å²) in [5.41, 5.74) is 4.31. The van der Waals surface area contributed by atoms with Crippen molar-refractivity contribution in [1.29, 1.82) is 0 Å². The molecule has 5 rings (SSSR count). The molecule has 0 atom stereocenters. The van der Waals surface area contributed by atoms with Gasteiger partial charge in [-0.1, -0.05) is 48.2 Å². The first-order chi connectivity index (χ1) is 16.3. The van der Waals surface area contributed by atoms with Crippen molar-refractivity contribution < 1.29 is 0 Å². The Labute approximate surface area is 201 Å². The number of aromatic nitrogens is 1. The fourth-order valence-corrected chi connectivity index (χ4v) is 5.68. The molecule has 1 aliphatic heterocycles. The smallest absolute Gasteiger partial charge is 0.231 e. The lowest BCUT2D eigenvalue weighted by Gasteiger charge is -2.17. The monoisotopic (exact) mass is 474 g/mol. The molecule has 1 aliphatic rings. The molecule has 0 aliphatic carbocycles. The first kappa shape index (κ1) is 21.9. The largest absolute Gasteiger partial charge is 0.372 e. The quantitative estimate of drug-likeness (QED) is 0.239. The van der Waals surface area contributed by atoms with Crippen molar-refractivity contribution in [3.05, 3.63) is 60.2 Å². The average Bonchev–Trinajstić information content (AvgIpc) is 3.58. The second kappa shape index (κ2) is 10.3. The second-order valence-corrected chi connectivity index (χ2v) is 10.1. The molecule has 0 saturated carbocycles. The van der Waals surface area contributed by atoms with Crippen molar-refractivity contribution in [3.8, 4) is 0 Å². The second-order valence-electron chi connectivity index (χ2n) is 8.13. The van der Waals surface area contributed by atoms with Crippen molar-refractivity contribution in [2.45, 2.75) is 39.0 Å². The Kier molecular flexibility index (Phi) is 6.83. The summed E-state index contributed by atoms with van der Waals surface area (Å²) in [6.07, 6.45) is 6.09. The number of aryl methyl sites for hydroxylation is 1. The van der Waals surface area contributed by atoms with Crippen molar-refractivity contribution in [2.75, 3.05) is 18.0 Å². The van der Waals surface area contributed by atoms with E-state index in [9.17, 15) is 0 Å². The molecule has 0 amide bonds. The number of hydrogen-bond donors (Lipinski definition) is 0. The first-order valence-corrected chi connectivity index (χ1v) is 13.1. The zero-order valence-electron chi connectivity index (χ0n) is 18.6. The Morgan fingerprint density at radius 2 is 1.55 bits per heavy atom. The van der Waals surface area contributed by atoms with Crippen LogP contribution in [0.5, 0.6) is 0 Å². The van der Waals surface area contributed by atoms with E-state index in [-0.39, 0.29) is 0 Å². The van der Waals surface area contributed by atoms with Gasteiger partial charge in [-0.15, -0.1) is 20.5 Å². The van der Waals surface area contributed by atoms with Gasteiger partial charge < -0.3 is 4.90 Å². The van der Waals surface area contributed by atoms with Crippen LogP contribution in [0.1, 0.15) is 38.2 Å². The Balaban J connectivity index is 1.21. The molecule has 2 aromatic heterocycles. The van der Waals surface area contributed by atoms with Crippen LogP contribution in [0.4, 0.5) is 27.2 Å². The Morgan fingerprint density at radius 1 is 0.848 bits per heavy atom. The maximum Gasteiger partial charge on any atom is 0.231 e. The third-order valence-electron chi connectivity index (χ3n) is 5.66. The van der Waals surface area contributed by atoms with Gasteiger partial charge in [0.05, 0.1) is 16.1 Å². The standard InChI is InChI=1S/C25H26N6S2/c1-2-3-6-18-7-9-19(10-8-18)27-29-23-17-22-24(33-23)26-25(32-22)30-28-20-11-13-21(14-12-20)31-15-4-5-16-31/h7-14,17H,2-6,15-16H2,1H3. The predicted octanol–water partition coefficient (Wildman–Crippen LogP) is 9.13. The van der Waals surface area contributed by atoms with E-state index >= 15 is 0 Å². The maximum absolute atomic E-state index is 4.59. The number of thiazole rings is 1. The fourth-order valence-electron chi connectivity index (χ4n) is 3.83. The number of anilines is 1. The summed E-state index contributed by atoms with van der Waals surface area (Å²) in [5.74, 6) is 0. The lowest BCUT2D eigenvalue weighted by atomic mass is 10.1. The number of fused-ring (bicyclic) bond motifs is 1. The van der Waals surface area contributed by atoms with Crippen LogP contribution in [-0.4, -0.2) is 18.1 Å². The van der Waals surface area contributed by atoms with Crippen LogP contribution < -0.4 is 4.90 Å². The number of unbranched alkanes of at least 4 members (excludes halogenated alkanes) is 1. The van der Waals surface area contributed by atoms with Crippen molar-refractivity contribution in [1.82, 2.24) is 4.98 Å². The maximum atomic E-state index is 4.59. The van der Waals surface area contributed by atoms with Crippen LogP contribution >= 0.6 is 22.7 Å². The highest BCUT2D eigenvalue weighted by molar-refractivity contribution is 7.30. The van der Waals surface area contributed by atoms with Gasteiger partial charge in [-0.05, 0) is 73.7 Å². The average molecular weight is 475 g/mol. The zero-order chi connectivity index (χ0) is 22.5. The molecule has 0 unspecified atom stereocenters. The topological polar surface area (TPSA) is 65.6 Å². The Hall–Kier alpha value is -2.97. The van der Waals surface area contributed by atoms with E-state index in [0.29, 0.717) is 5.13 Å². The van der Waals surface area contributed by atoms with Gasteiger partial charge >= 0.3 is 0 Å². The number of benzene rings is 2. The summed E-state index contributed by atoms with van der Waals surface area (Å²) < 4.78 is 1.06. The van der Waals surface area contributed by atoms with Gasteiger partial charge in [-0.2, -0.15) is 0 Å². The van der Waals surface area contributed by atoms with Crippen molar-refractivity contribution in [2.24, 2.45) is 20.5 Å². The molecule has 8 heteroatoms. The van der Waals surface area contributed by atoms with E-state index in [1.54, 1.807) is 0 Å². The molecule has 4 aromatic rings. The lowest BCUT2D eigenvalue weighted by Crippen LogP contribution is -2.17. The van der Waals surface area contributed by atoms with Crippen LogP contribution in [0.25, 0.3) is 9.53 Å². The van der Waals surface area contributed by atoms with E-state index in [1.165, 1.54) is 59.6 Å². The number of hydrogen-bond acceptors (Lipinski definition) is 8. The van der Waals surface area contributed by atoms with Crippen LogP contribution in [0, 0.1) is 0 Å². The van der Waals surface area contributed by atoms with Gasteiger partial charge in [0.25, 0.3) is 0 Å². The third-order valence-corrected chi connectivity index (χ3v) is 7.59. The molecule has 6 nitrogen and oxygen atoms in total. The SMILES string of the molecule is CCCCc1ccc(N=Nc2cc3sc(N=Nc4ccc(N5CCCC5)cc4)nc3s2)cc1. The highest BCUT2D eigenvalue weighted by atomic mass is 32.1. The molecule has 0 spiro atoms. The Morgan fingerprint density at radius 3 is 2.24 bits per heavy atom. The fraction of sp³-hybridized carbons (Fsp3) is 0.320. The molecular formula is C25H26N6S2. The zero-order valence-corrected chi connectivity index (χ0v) is 20.3. The minimum absolute atomic E-state index is 0.658. The molecular weight excluding hydrogens is 448 g/mol. The molecule has 2 aromatic carbocycles. The van der Waals surface area contributed by atoms with E-state index in [0.717, 1.165) is 45.4 Å². The van der Waals surface area contributed by atoms with Crippen LogP contribution in [-0.2, 0) is 6.42 Å². The number of azo groups is 2. The number of rotatable bonds is 8. The molecule has 168 valence electrons. The van der Waals surface area contributed by atoms with Gasteiger partial charge in [0.2, 0.25) is 5.13 Å². The lowest BCUT2D eigenvalue weighted by molar-refractivity contribution is 0.795. The summed E-state index contributed by atoms with van der Waals surface area (Å²) >= 11 is 3.04. The molecule has 0 bridgehead atoms. The predicted molar refractivity (Wildman–Crippen MR) is 139 cm³/mol. The van der Waals surface area contributed by atoms with Crippen molar-refractivity contribution in [3.63, 3.8) is 0 Å². The Bertz CT molecular complexity index is 1220. The third kappa shape index (κ3) is 5.51. The number of thiophene rings is 1. The summed E-state index contributed by atoms with van der Waals surface area (Å²) in [4.78, 5) is 7.92.